The quantitative estimate of drug-likeness (QED) is 0.721. The van der Waals surface area contributed by atoms with Crippen LogP contribution in [0, 0.1) is 11.6 Å². The number of nitrogens with zero attached hydrogens (tertiary/aromatic N) is 2. The zero-order valence-corrected chi connectivity index (χ0v) is 13.6. The van der Waals surface area contributed by atoms with Crippen molar-refractivity contribution in [3.8, 4) is 5.69 Å². The van der Waals surface area contributed by atoms with Crippen LogP contribution in [0.15, 0.2) is 35.1 Å². The lowest BCUT2D eigenvalue weighted by atomic mass is 10.1. The minimum Gasteiger partial charge on any atom is -0.477 e. The maximum atomic E-state index is 14.4. The molecule has 128 valence electrons. The number of aromatic carboxylic acids is 1. The molecule has 25 heavy (non-hydrogen) atoms. The maximum absolute atomic E-state index is 14.4. The first-order chi connectivity index (χ1) is 11.8. The zero-order valence-electron chi connectivity index (χ0n) is 12.9. The molecule has 0 saturated carbocycles. The molecule has 0 aliphatic carbocycles. The average Bonchev–Trinajstić information content (AvgIpc) is 2.54. The molecule has 2 aromatic heterocycles. The first-order valence-electron chi connectivity index (χ1n) is 7.28. The van der Waals surface area contributed by atoms with Gasteiger partial charge in [0.15, 0.2) is 5.65 Å². The van der Waals surface area contributed by atoms with Gasteiger partial charge in [-0.15, -0.1) is 0 Å². The molecule has 0 aliphatic heterocycles. The minimum atomic E-state index is -1.44. The summed E-state index contributed by atoms with van der Waals surface area (Å²) in [6.45, 7) is 1.62. The molecular formula is C17H11ClF2N2O3. The van der Waals surface area contributed by atoms with Gasteiger partial charge in [0.1, 0.15) is 22.4 Å². The molecule has 0 atom stereocenters. The Bertz CT molecular complexity index is 1080. The highest BCUT2D eigenvalue weighted by Gasteiger charge is 2.24. The van der Waals surface area contributed by atoms with Crippen molar-refractivity contribution in [3.63, 3.8) is 0 Å². The predicted molar refractivity (Wildman–Crippen MR) is 88.6 cm³/mol. The van der Waals surface area contributed by atoms with Crippen LogP contribution >= 0.6 is 11.6 Å². The molecule has 0 aliphatic rings. The van der Waals surface area contributed by atoms with Gasteiger partial charge in [0.05, 0.1) is 11.1 Å². The Balaban J connectivity index is 2.59. The van der Waals surface area contributed by atoms with Crippen molar-refractivity contribution in [1.82, 2.24) is 9.55 Å². The Labute approximate surface area is 145 Å². The highest BCUT2D eigenvalue weighted by Crippen LogP contribution is 2.25. The van der Waals surface area contributed by atoms with Crippen LogP contribution in [0.3, 0.4) is 0 Å². The lowest BCUT2D eigenvalue weighted by molar-refractivity contribution is 0.0693. The fourth-order valence-electron chi connectivity index (χ4n) is 2.76. The third-order valence-corrected chi connectivity index (χ3v) is 3.99. The van der Waals surface area contributed by atoms with Gasteiger partial charge in [0, 0.05) is 11.8 Å². The monoisotopic (exact) mass is 364 g/mol. The van der Waals surface area contributed by atoms with E-state index in [0.717, 1.165) is 12.1 Å². The van der Waals surface area contributed by atoms with Gasteiger partial charge in [-0.3, -0.25) is 9.36 Å². The van der Waals surface area contributed by atoms with Gasteiger partial charge in [-0.2, -0.15) is 0 Å². The molecule has 0 bridgehead atoms. The van der Waals surface area contributed by atoms with Crippen LogP contribution in [0.1, 0.15) is 23.0 Å². The molecule has 0 fully saturated rings. The van der Waals surface area contributed by atoms with Crippen molar-refractivity contribution in [2.75, 3.05) is 0 Å². The summed E-state index contributed by atoms with van der Waals surface area (Å²) in [5.41, 5.74) is -1.29. The summed E-state index contributed by atoms with van der Waals surface area (Å²) < 4.78 is 28.8. The Morgan fingerprint density at radius 3 is 2.60 bits per heavy atom. The van der Waals surface area contributed by atoms with E-state index in [9.17, 15) is 23.5 Å². The second-order valence-corrected chi connectivity index (χ2v) is 5.63. The molecule has 8 heteroatoms. The molecule has 0 amide bonds. The van der Waals surface area contributed by atoms with E-state index in [0.29, 0.717) is 6.07 Å². The third-order valence-electron chi connectivity index (χ3n) is 3.78. The topological polar surface area (TPSA) is 72.2 Å². The highest BCUT2D eigenvalue weighted by molar-refractivity contribution is 6.29. The molecule has 5 nitrogen and oxygen atoms in total. The number of hydrogen-bond donors (Lipinski definition) is 1. The average molecular weight is 365 g/mol. The van der Waals surface area contributed by atoms with Crippen LogP contribution in [-0.4, -0.2) is 20.6 Å². The lowest BCUT2D eigenvalue weighted by Crippen LogP contribution is -2.24. The fourth-order valence-corrected chi connectivity index (χ4v) is 2.90. The van der Waals surface area contributed by atoms with E-state index in [1.165, 1.54) is 16.7 Å². The molecule has 3 rings (SSSR count). The third kappa shape index (κ3) is 2.76. The number of carboxylic acids is 1. The fraction of sp³-hybridized carbons (Fsp3) is 0.118. The van der Waals surface area contributed by atoms with Crippen LogP contribution in [-0.2, 0) is 6.42 Å². The van der Waals surface area contributed by atoms with Gasteiger partial charge in [0.25, 0.3) is 0 Å². The van der Waals surface area contributed by atoms with E-state index in [2.05, 4.69) is 4.98 Å². The number of aromatic nitrogens is 2. The first-order valence-corrected chi connectivity index (χ1v) is 7.65. The minimum absolute atomic E-state index is 0.00450. The molecule has 3 aromatic rings. The number of hydrogen-bond acceptors (Lipinski definition) is 3. The van der Waals surface area contributed by atoms with Crippen molar-refractivity contribution in [1.29, 1.82) is 0 Å². The van der Waals surface area contributed by atoms with Gasteiger partial charge in [-0.05, 0) is 30.7 Å². The number of carboxylic acid groups (broad SMARTS) is 1. The molecule has 1 aromatic carbocycles. The number of benzene rings is 1. The van der Waals surface area contributed by atoms with E-state index in [-0.39, 0.29) is 34.0 Å². The smallest absolute Gasteiger partial charge is 0.341 e. The number of pyridine rings is 2. The number of halogens is 3. The second kappa shape index (κ2) is 6.25. The maximum Gasteiger partial charge on any atom is 0.341 e. The van der Waals surface area contributed by atoms with Gasteiger partial charge < -0.3 is 5.11 Å². The van der Waals surface area contributed by atoms with E-state index >= 15 is 0 Å². The van der Waals surface area contributed by atoms with E-state index in [1.54, 1.807) is 6.92 Å². The van der Waals surface area contributed by atoms with E-state index in [4.69, 9.17) is 11.6 Å². The van der Waals surface area contributed by atoms with Gasteiger partial charge >= 0.3 is 5.97 Å². The Morgan fingerprint density at radius 1 is 1.28 bits per heavy atom. The molecule has 1 N–H and O–H groups in total. The molecule has 0 unspecified atom stereocenters. The Morgan fingerprint density at radius 2 is 2.00 bits per heavy atom. The Kier molecular flexibility index (Phi) is 4.26. The number of rotatable bonds is 3. The van der Waals surface area contributed by atoms with Gasteiger partial charge in [0.2, 0.25) is 5.43 Å². The Hall–Kier alpha value is -2.80. The van der Waals surface area contributed by atoms with Crippen LogP contribution < -0.4 is 5.43 Å². The summed E-state index contributed by atoms with van der Waals surface area (Å²) >= 11 is 5.90. The molecule has 0 radical (unpaired) electrons. The molecule has 2 heterocycles. The van der Waals surface area contributed by atoms with E-state index < -0.39 is 28.6 Å². The summed E-state index contributed by atoms with van der Waals surface area (Å²) in [5, 5.41) is 9.49. The van der Waals surface area contributed by atoms with Crippen LogP contribution in [0.5, 0.6) is 0 Å². The van der Waals surface area contributed by atoms with Crippen molar-refractivity contribution in [2.45, 2.75) is 13.3 Å². The second-order valence-electron chi connectivity index (χ2n) is 5.25. The van der Waals surface area contributed by atoms with Crippen molar-refractivity contribution >= 4 is 28.6 Å². The predicted octanol–water partition coefficient (Wildman–Crippen LogP) is 3.58. The lowest BCUT2D eigenvalue weighted by Gasteiger charge is -2.18. The standard InChI is InChI=1S/C17H11ClF2N2O3/c1-2-11-14(17(24)25)15(23)9-4-6-13(18)21-16(9)22(11)12-5-3-8(19)7-10(12)20/h3-7H,2H2,1H3,(H,24,25). The number of carbonyl (C=O) groups is 1. The normalized spacial score (nSPS) is 11.0. The molecular weight excluding hydrogens is 354 g/mol. The van der Waals surface area contributed by atoms with Crippen molar-refractivity contribution in [2.24, 2.45) is 0 Å². The largest absolute Gasteiger partial charge is 0.477 e. The van der Waals surface area contributed by atoms with Crippen LogP contribution in [0.25, 0.3) is 16.7 Å². The van der Waals surface area contributed by atoms with E-state index in [1.807, 2.05) is 0 Å². The summed E-state index contributed by atoms with van der Waals surface area (Å²) in [4.78, 5) is 28.2. The summed E-state index contributed by atoms with van der Waals surface area (Å²) in [6, 6.07) is 5.53. The summed E-state index contributed by atoms with van der Waals surface area (Å²) in [5.74, 6) is -3.14. The van der Waals surface area contributed by atoms with Crippen LogP contribution in [0.2, 0.25) is 5.15 Å². The van der Waals surface area contributed by atoms with Crippen molar-refractivity contribution < 1.29 is 18.7 Å². The van der Waals surface area contributed by atoms with Crippen LogP contribution in [0.4, 0.5) is 8.78 Å². The summed E-state index contributed by atoms with van der Waals surface area (Å²) in [7, 11) is 0. The van der Waals surface area contributed by atoms with Gasteiger partial charge in [-0.1, -0.05) is 18.5 Å². The molecule has 0 spiro atoms. The zero-order chi connectivity index (χ0) is 18.3. The molecule has 0 saturated heterocycles. The highest BCUT2D eigenvalue weighted by atomic mass is 35.5. The summed E-state index contributed by atoms with van der Waals surface area (Å²) in [6.07, 6.45) is 0.109. The number of fused-ring (bicyclic) bond motifs is 1. The first kappa shape index (κ1) is 17.0. The van der Waals surface area contributed by atoms with Crippen molar-refractivity contribution in [3.05, 3.63) is 68.6 Å². The SMILES string of the molecule is CCc1c(C(=O)O)c(=O)c2ccc(Cl)nc2n1-c1ccc(F)cc1F. The van der Waals surface area contributed by atoms with Gasteiger partial charge in [-0.25, -0.2) is 18.6 Å².